The zero-order valence-electron chi connectivity index (χ0n) is 15.0. The summed E-state index contributed by atoms with van der Waals surface area (Å²) in [4.78, 5) is 0. The zero-order valence-corrected chi connectivity index (χ0v) is 15.0. The van der Waals surface area contributed by atoms with Crippen molar-refractivity contribution in [2.24, 2.45) is 0 Å². The fourth-order valence-corrected chi connectivity index (χ4v) is 3.26. The smallest absolute Gasteiger partial charge is 0.0780 e. The first kappa shape index (κ1) is 16.2. The van der Waals surface area contributed by atoms with E-state index in [9.17, 15) is 0 Å². The second-order valence-electron chi connectivity index (χ2n) is 6.69. The minimum Gasteiger partial charge on any atom is -0.307 e. The molecule has 0 atom stereocenters. The molecule has 0 aliphatic carbocycles. The van der Waals surface area contributed by atoms with Crippen LogP contribution in [0.4, 0.5) is 5.69 Å². The Morgan fingerprint density at radius 2 is 1.04 bits per heavy atom. The van der Waals surface area contributed by atoms with Gasteiger partial charge in [0.1, 0.15) is 0 Å². The molecule has 2 heteroatoms. The lowest BCUT2D eigenvalue weighted by Gasteiger charge is -2.16. The van der Waals surface area contributed by atoms with Gasteiger partial charge in [-0.3, -0.25) is 5.73 Å². The van der Waals surface area contributed by atoms with Crippen molar-refractivity contribution in [2.45, 2.75) is 13.8 Å². The van der Waals surface area contributed by atoms with E-state index in [-0.39, 0.29) is 0 Å². The van der Waals surface area contributed by atoms with Gasteiger partial charge in [0, 0.05) is 0 Å². The molecule has 0 aliphatic rings. The molecule has 1 heterocycles. The van der Waals surface area contributed by atoms with Crippen LogP contribution in [0.1, 0.15) is 11.1 Å². The maximum Gasteiger partial charge on any atom is 0.0780 e. The first-order valence-electron chi connectivity index (χ1n) is 8.80. The van der Waals surface area contributed by atoms with Crippen molar-refractivity contribution >= 4 is 5.69 Å². The standard InChI is InChI=1S/C24H21N2/c1-17-7-11-19(12-8-17)22-15-16-23(20-13-9-18(2)10-14-20)26(22)24-6-4-3-5-21(24)25/h3-16,25H,1-2H3. The van der Waals surface area contributed by atoms with Crippen LogP contribution in [0.3, 0.4) is 0 Å². The van der Waals surface area contributed by atoms with Gasteiger partial charge in [-0.1, -0.05) is 71.8 Å². The molecule has 26 heavy (non-hydrogen) atoms. The first-order valence-corrected chi connectivity index (χ1v) is 8.80. The summed E-state index contributed by atoms with van der Waals surface area (Å²) in [6.07, 6.45) is 0. The molecule has 0 saturated heterocycles. The van der Waals surface area contributed by atoms with Gasteiger partial charge >= 0.3 is 0 Å². The molecule has 4 aromatic rings. The molecule has 0 saturated carbocycles. The largest absolute Gasteiger partial charge is 0.307 e. The summed E-state index contributed by atoms with van der Waals surface area (Å²) >= 11 is 0. The van der Waals surface area contributed by atoms with E-state index >= 15 is 0 Å². The van der Waals surface area contributed by atoms with Gasteiger partial charge in [-0.05, 0) is 49.2 Å². The van der Waals surface area contributed by atoms with Gasteiger partial charge in [-0.2, -0.15) is 0 Å². The van der Waals surface area contributed by atoms with Crippen LogP contribution >= 0.6 is 0 Å². The van der Waals surface area contributed by atoms with Gasteiger partial charge in [-0.25, -0.2) is 0 Å². The third-order valence-corrected chi connectivity index (χ3v) is 4.72. The Labute approximate surface area is 154 Å². The average molecular weight is 337 g/mol. The maximum absolute atomic E-state index is 8.41. The lowest BCUT2D eigenvalue weighted by atomic mass is 10.1. The number of aryl methyl sites for hydroxylation is 2. The molecule has 4 rings (SSSR count). The van der Waals surface area contributed by atoms with Crippen molar-refractivity contribution in [2.75, 3.05) is 0 Å². The summed E-state index contributed by atoms with van der Waals surface area (Å²) in [6.45, 7) is 4.19. The van der Waals surface area contributed by atoms with E-state index in [0.717, 1.165) is 28.2 Å². The Bertz CT molecular complexity index is 976. The van der Waals surface area contributed by atoms with Crippen LogP contribution in [-0.4, -0.2) is 4.57 Å². The van der Waals surface area contributed by atoms with Gasteiger partial charge in [0.2, 0.25) is 0 Å². The Morgan fingerprint density at radius 1 is 0.577 bits per heavy atom. The van der Waals surface area contributed by atoms with Gasteiger partial charge in [0.05, 0.1) is 22.8 Å². The Morgan fingerprint density at radius 3 is 1.50 bits per heavy atom. The third kappa shape index (κ3) is 2.91. The second kappa shape index (κ2) is 6.57. The molecule has 127 valence electrons. The van der Waals surface area contributed by atoms with Crippen LogP contribution in [0.25, 0.3) is 28.2 Å². The van der Waals surface area contributed by atoms with E-state index in [1.165, 1.54) is 11.1 Å². The molecule has 1 aromatic heterocycles. The van der Waals surface area contributed by atoms with E-state index in [2.05, 4.69) is 79.1 Å². The zero-order chi connectivity index (χ0) is 18.1. The number of hydrogen-bond acceptors (Lipinski definition) is 0. The number of para-hydroxylation sites is 1. The van der Waals surface area contributed by atoms with Gasteiger partial charge in [0.15, 0.2) is 0 Å². The van der Waals surface area contributed by atoms with Crippen LogP contribution < -0.4 is 5.73 Å². The minimum atomic E-state index is 0.519. The van der Waals surface area contributed by atoms with E-state index in [4.69, 9.17) is 5.73 Å². The van der Waals surface area contributed by atoms with Gasteiger partial charge in [-0.15, -0.1) is 0 Å². The first-order chi connectivity index (χ1) is 12.6. The van der Waals surface area contributed by atoms with E-state index in [0.29, 0.717) is 5.69 Å². The van der Waals surface area contributed by atoms with Crippen LogP contribution in [-0.2, 0) is 0 Å². The minimum absolute atomic E-state index is 0.519. The maximum atomic E-state index is 8.41. The van der Waals surface area contributed by atoms with Gasteiger partial charge in [0.25, 0.3) is 0 Å². The topological polar surface area (TPSA) is 28.7 Å². The summed E-state index contributed by atoms with van der Waals surface area (Å²) in [6, 6.07) is 29.1. The molecular weight excluding hydrogens is 316 g/mol. The number of benzene rings is 3. The predicted molar refractivity (Wildman–Crippen MR) is 109 cm³/mol. The molecule has 0 unspecified atom stereocenters. The Balaban J connectivity index is 1.97. The van der Waals surface area contributed by atoms with Crippen molar-refractivity contribution in [3.63, 3.8) is 0 Å². The second-order valence-corrected chi connectivity index (χ2v) is 6.69. The highest BCUT2D eigenvalue weighted by Crippen LogP contribution is 2.34. The van der Waals surface area contributed by atoms with Crippen LogP contribution in [0.5, 0.6) is 0 Å². The summed E-state index contributed by atoms with van der Waals surface area (Å²) < 4.78 is 2.19. The molecule has 0 aliphatic heterocycles. The van der Waals surface area contributed by atoms with E-state index in [1.54, 1.807) is 0 Å². The molecule has 3 aromatic carbocycles. The van der Waals surface area contributed by atoms with Crippen molar-refractivity contribution in [1.29, 1.82) is 0 Å². The summed E-state index contributed by atoms with van der Waals surface area (Å²) in [7, 11) is 0. The molecule has 0 bridgehead atoms. The molecular formula is C24H21N2. The van der Waals surface area contributed by atoms with Crippen molar-refractivity contribution < 1.29 is 0 Å². The lowest BCUT2D eigenvalue weighted by Crippen LogP contribution is -2.00. The van der Waals surface area contributed by atoms with Gasteiger partial charge < -0.3 is 4.57 Å². The molecule has 1 N–H and O–H groups in total. The van der Waals surface area contributed by atoms with Crippen molar-refractivity contribution in [3.8, 4) is 28.2 Å². The Hall–Kier alpha value is -3.26. The van der Waals surface area contributed by atoms with Crippen molar-refractivity contribution in [3.05, 3.63) is 96.1 Å². The average Bonchev–Trinajstić information content (AvgIpc) is 3.08. The van der Waals surface area contributed by atoms with Crippen LogP contribution in [0.2, 0.25) is 0 Å². The number of nitrogens with one attached hydrogen (secondary N) is 1. The quantitative estimate of drug-likeness (QED) is 0.417. The third-order valence-electron chi connectivity index (χ3n) is 4.72. The summed E-state index contributed by atoms with van der Waals surface area (Å²) in [5.41, 5.74) is 16.8. The number of rotatable bonds is 3. The molecule has 0 fully saturated rings. The number of nitrogens with zero attached hydrogens (tertiary/aromatic N) is 1. The molecule has 0 amide bonds. The monoisotopic (exact) mass is 337 g/mol. The highest BCUT2D eigenvalue weighted by atomic mass is 15.0. The predicted octanol–water partition coefficient (Wildman–Crippen LogP) is 6.34. The Kier molecular flexibility index (Phi) is 4.10. The lowest BCUT2D eigenvalue weighted by molar-refractivity contribution is 1.09. The number of hydrogen-bond donors (Lipinski definition) is 0. The summed E-state index contributed by atoms with van der Waals surface area (Å²) in [5, 5.41) is 0. The summed E-state index contributed by atoms with van der Waals surface area (Å²) in [5.74, 6) is 0. The fraction of sp³-hybridized carbons (Fsp3) is 0.0833. The van der Waals surface area contributed by atoms with E-state index < -0.39 is 0 Å². The highest BCUT2D eigenvalue weighted by molar-refractivity contribution is 5.75. The SMILES string of the molecule is Cc1ccc(-c2ccc(-c3ccc(C)cc3)n2-c2ccccc2[NH])cc1. The highest BCUT2D eigenvalue weighted by Gasteiger charge is 2.15. The molecule has 1 radical (unpaired) electrons. The number of aromatic nitrogens is 1. The normalized spacial score (nSPS) is 10.8. The van der Waals surface area contributed by atoms with E-state index in [1.807, 2.05) is 24.3 Å². The van der Waals surface area contributed by atoms with Crippen LogP contribution in [0, 0.1) is 13.8 Å². The molecule has 0 spiro atoms. The molecule has 2 nitrogen and oxygen atoms in total. The van der Waals surface area contributed by atoms with Crippen LogP contribution in [0.15, 0.2) is 84.9 Å². The fourth-order valence-electron chi connectivity index (χ4n) is 3.26. The van der Waals surface area contributed by atoms with Crippen molar-refractivity contribution in [1.82, 2.24) is 10.3 Å².